The number of rotatable bonds is 8. The zero-order chi connectivity index (χ0) is 22.3. The summed E-state index contributed by atoms with van der Waals surface area (Å²) >= 11 is 0. The molecular formula is C27H29NO4. The minimum Gasteiger partial charge on any atom is -0.494 e. The molecule has 1 amide bonds. The number of amides is 1. The number of nitrogens with zero attached hydrogens (tertiary/aromatic N) is 1. The summed E-state index contributed by atoms with van der Waals surface area (Å²) in [5.41, 5.74) is 3.37. The van der Waals surface area contributed by atoms with Gasteiger partial charge in [0.05, 0.1) is 26.9 Å². The predicted molar refractivity (Wildman–Crippen MR) is 124 cm³/mol. The van der Waals surface area contributed by atoms with Gasteiger partial charge in [-0.05, 0) is 53.8 Å². The van der Waals surface area contributed by atoms with Crippen LogP contribution in [-0.4, -0.2) is 38.2 Å². The van der Waals surface area contributed by atoms with Gasteiger partial charge in [0, 0.05) is 13.0 Å². The van der Waals surface area contributed by atoms with Crippen molar-refractivity contribution >= 4 is 5.91 Å². The molecule has 5 heteroatoms. The zero-order valence-corrected chi connectivity index (χ0v) is 18.6. The van der Waals surface area contributed by atoms with E-state index in [4.69, 9.17) is 14.2 Å². The Morgan fingerprint density at radius 1 is 0.938 bits per heavy atom. The maximum Gasteiger partial charge on any atom is 0.223 e. The van der Waals surface area contributed by atoms with Crippen LogP contribution in [0.3, 0.4) is 0 Å². The molecule has 0 N–H and O–H groups in total. The normalized spacial score (nSPS) is 15.1. The van der Waals surface area contributed by atoms with E-state index in [0.717, 1.165) is 29.0 Å². The third-order valence-electron chi connectivity index (χ3n) is 5.86. The molecule has 0 saturated heterocycles. The average Bonchev–Trinajstić information content (AvgIpc) is 2.86. The van der Waals surface area contributed by atoms with E-state index < -0.39 is 0 Å². The lowest BCUT2D eigenvalue weighted by molar-refractivity contribution is -0.133. The van der Waals surface area contributed by atoms with Crippen molar-refractivity contribution in [3.05, 3.63) is 89.5 Å². The molecule has 3 aromatic carbocycles. The molecule has 5 nitrogen and oxygen atoms in total. The van der Waals surface area contributed by atoms with Crippen LogP contribution in [0.2, 0.25) is 0 Å². The van der Waals surface area contributed by atoms with Crippen LogP contribution in [0, 0.1) is 0 Å². The average molecular weight is 432 g/mol. The molecule has 1 atom stereocenters. The molecule has 0 radical (unpaired) electrons. The number of ether oxygens (including phenoxy) is 3. The summed E-state index contributed by atoms with van der Waals surface area (Å²) in [6.45, 7) is 1.18. The Hall–Kier alpha value is -3.47. The predicted octanol–water partition coefficient (Wildman–Crippen LogP) is 5.04. The highest BCUT2D eigenvalue weighted by Gasteiger charge is 2.33. The van der Waals surface area contributed by atoms with Crippen LogP contribution in [0.15, 0.2) is 72.8 Å². The van der Waals surface area contributed by atoms with E-state index in [1.165, 1.54) is 5.56 Å². The van der Waals surface area contributed by atoms with E-state index in [1.54, 1.807) is 14.2 Å². The van der Waals surface area contributed by atoms with Crippen LogP contribution >= 0.6 is 0 Å². The van der Waals surface area contributed by atoms with Crippen molar-refractivity contribution in [1.82, 2.24) is 4.90 Å². The fraction of sp³-hybridized carbons (Fsp3) is 0.296. The molecule has 0 saturated carbocycles. The van der Waals surface area contributed by atoms with Gasteiger partial charge in [0.25, 0.3) is 0 Å². The first-order chi connectivity index (χ1) is 15.7. The monoisotopic (exact) mass is 431 g/mol. The Bertz CT molecular complexity index is 1040. The fourth-order valence-electron chi connectivity index (χ4n) is 4.28. The lowest BCUT2D eigenvalue weighted by Crippen LogP contribution is -2.40. The van der Waals surface area contributed by atoms with Crippen LogP contribution in [0.5, 0.6) is 17.2 Å². The van der Waals surface area contributed by atoms with Crippen LogP contribution in [0.25, 0.3) is 0 Å². The second-order valence-electron chi connectivity index (χ2n) is 7.82. The number of fused-ring (bicyclic) bond motifs is 1. The third-order valence-corrected chi connectivity index (χ3v) is 5.86. The van der Waals surface area contributed by atoms with E-state index in [0.29, 0.717) is 31.7 Å². The van der Waals surface area contributed by atoms with Crippen LogP contribution in [0.4, 0.5) is 0 Å². The lowest BCUT2D eigenvalue weighted by atomic mass is 9.87. The standard InChI is InChI=1S/C27H29NO4/c1-30-24-18-21-15-16-28(26(29)14-9-17-32-22-12-7-4-8-13-22)27(20-10-5-3-6-11-20)23(21)19-25(24)31-2/h3-8,10-13,18-19,27H,9,14-17H2,1-2H3. The van der Waals surface area contributed by atoms with Crippen LogP contribution < -0.4 is 14.2 Å². The molecule has 0 bridgehead atoms. The molecule has 1 aliphatic heterocycles. The van der Waals surface area contributed by atoms with Gasteiger partial charge < -0.3 is 19.1 Å². The molecular weight excluding hydrogens is 402 g/mol. The van der Waals surface area contributed by atoms with E-state index in [-0.39, 0.29) is 11.9 Å². The number of benzene rings is 3. The summed E-state index contributed by atoms with van der Waals surface area (Å²) in [4.78, 5) is 15.3. The lowest BCUT2D eigenvalue weighted by Gasteiger charge is -2.38. The van der Waals surface area contributed by atoms with E-state index in [2.05, 4.69) is 12.1 Å². The minimum atomic E-state index is -0.151. The van der Waals surface area contributed by atoms with Crippen molar-refractivity contribution in [2.24, 2.45) is 0 Å². The molecule has 1 unspecified atom stereocenters. The van der Waals surface area contributed by atoms with Gasteiger partial charge in [0.15, 0.2) is 11.5 Å². The highest BCUT2D eigenvalue weighted by Crippen LogP contribution is 2.41. The molecule has 1 heterocycles. The molecule has 1 aliphatic rings. The van der Waals surface area contributed by atoms with Crippen LogP contribution in [0.1, 0.15) is 35.6 Å². The summed E-state index contributed by atoms with van der Waals surface area (Å²) < 4.78 is 16.8. The molecule has 0 spiro atoms. The first-order valence-corrected chi connectivity index (χ1v) is 11.0. The molecule has 0 aliphatic carbocycles. The maximum atomic E-state index is 13.3. The van der Waals surface area contributed by atoms with Crippen molar-refractivity contribution in [3.63, 3.8) is 0 Å². The van der Waals surface area contributed by atoms with Gasteiger partial charge >= 0.3 is 0 Å². The van der Waals surface area contributed by atoms with E-state index >= 15 is 0 Å². The number of hydrogen-bond donors (Lipinski definition) is 0. The van der Waals surface area contributed by atoms with Crippen LogP contribution in [-0.2, 0) is 11.2 Å². The first kappa shape index (κ1) is 21.8. The SMILES string of the molecule is COc1cc2c(cc1OC)C(c1ccccc1)N(C(=O)CCCOc1ccccc1)CC2. The Morgan fingerprint density at radius 2 is 1.59 bits per heavy atom. The summed E-state index contributed by atoms with van der Waals surface area (Å²) in [6.07, 6.45) is 1.90. The summed E-state index contributed by atoms with van der Waals surface area (Å²) in [5.74, 6) is 2.36. The number of methoxy groups -OCH3 is 2. The Kier molecular flexibility index (Phi) is 6.95. The smallest absolute Gasteiger partial charge is 0.223 e. The molecule has 166 valence electrons. The Balaban J connectivity index is 1.54. The molecule has 0 fully saturated rings. The Labute approximate surface area is 189 Å². The topological polar surface area (TPSA) is 48.0 Å². The highest BCUT2D eigenvalue weighted by molar-refractivity contribution is 5.78. The summed E-state index contributed by atoms with van der Waals surface area (Å²) in [7, 11) is 3.29. The number of hydrogen-bond acceptors (Lipinski definition) is 4. The highest BCUT2D eigenvalue weighted by atomic mass is 16.5. The zero-order valence-electron chi connectivity index (χ0n) is 18.6. The van der Waals surface area contributed by atoms with E-state index in [1.807, 2.05) is 65.6 Å². The van der Waals surface area contributed by atoms with Gasteiger partial charge in [-0.15, -0.1) is 0 Å². The van der Waals surface area contributed by atoms with Gasteiger partial charge in [-0.3, -0.25) is 4.79 Å². The summed E-state index contributed by atoms with van der Waals surface area (Å²) in [6, 6.07) is 23.8. The van der Waals surface area contributed by atoms with Crippen molar-refractivity contribution in [3.8, 4) is 17.2 Å². The van der Waals surface area contributed by atoms with Crippen molar-refractivity contribution < 1.29 is 19.0 Å². The second kappa shape index (κ2) is 10.2. The van der Waals surface area contributed by atoms with Gasteiger partial charge in [-0.25, -0.2) is 0 Å². The first-order valence-electron chi connectivity index (χ1n) is 11.0. The number of carbonyl (C=O) groups excluding carboxylic acids is 1. The molecule has 3 aromatic rings. The largest absolute Gasteiger partial charge is 0.494 e. The number of carbonyl (C=O) groups is 1. The maximum absolute atomic E-state index is 13.3. The fourth-order valence-corrected chi connectivity index (χ4v) is 4.28. The van der Waals surface area contributed by atoms with Gasteiger partial charge in [0.1, 0.15) is 5.75 Å². The summed E-state index contributed by atoms with van der Waals surface area (Å²) in [5, 5.41) is 0. The third kappa shape index (κ3) is 4.72. The van der Waals surface area contributed by atoms with Gasteiger partial charge in [-0.1, -0.05) is 48.5 Å². The van der Waals surface area contributed by atoms with E-state index in [9.17, 15) is 4.79 Å². The quantitative estimate of drug-likeness (QED) is 0.469. The molecule has 0 aromatic heterocycles. The second-order valence-corrected chi connectivity index (χ2v) is 7.82. The van der Waals surface area contributed by atoms with Crippen molar-refractivity contribution in [2.45, 2.75) is 25.3 Å². The van der Waals surface area contributed by atoms with Gasteiger partial charge in [-0.2, -0.15) is 0 Å². The van der Waals surface area contributed by atoms with Gasteiger partial charge in [0.2, 0.25) is 5.91 Å². The Morgan fingerprint density at radius 3 is 2.28 bits per heavy atom. The molecule has 32 heavy (non-hydrogen) atoms. The number of para-hydroxylation sites is 1. The molecule has 4 rings (SSSR count). The van der Waals surface area contributed by atoms with Crippen molar-refractivity contribution in [2.75, 3.05) is 27.4 Å². The van der Waals surface area contributed by atoms with Crippen molar-refractivity contribution in [1.29, 1.82) is 0 Å². The minimum absolute atomic E-state index is 0.135.